The lowest BCUT2D eigenvalue weighted by Gasteiger charge is -2.48. The zero-order valence-electron chi connectivity index (χ0n) is 18.6. The summed E-state index contributed by atoms with van der Waals surface area (Å²) in [5.41, 5.74) is 0. The molecule has 1 N–H and O–H groups in total. The fourth-order valence-corrected chi connectivity index (χ4v) is 5.66. The molecule has 4 atom stereocenters. The highest BCUT2D eigenvalue weighted by Crippen LogP contribution is 2.58. The number of rotatable bonds is 7. The number of ether oxygens (including phenoxy) is 2. The van der Waals surface area contributed by atoms with Gasteiger partial charge in [-0.3, -0.25) is 0 Å². The molecule has 1 spiro atoms. The molecule has 0 aromatic heterocycles. The molecule has 0 aromatic rings. The molecule has 1 saturated heterocycles. The maximum Gasteiger partial charge on any atom is 0.191 e. The number of hydrogen-bond acceptors (Lipinski definition) is 4. The second-order valence-corrected chi connectivity index (χ2v) is 15.2. The lowest BCUT2D eigenvalue weighted by atomic mass is 9.69. The van der Waals surface area contributed by atoms with Crippen LogP contribution in [0.3, 0.4) is 0 Å². The summed E-state index contributed by atoms with van der Waals surface area (Å²) < 4.78 is 17.9. The predicted molar refractivity (Wildman–Crippen MR) is 114 cm³/mol. The number of aliphatic hydroxyl groups is 1. The monoisotopic (exact) mass is 408 g/mol. The molecule has 1 aliphatic heterocycles. The Hall–Kier alpha value is -0.383. The van der Waals surface area contributed by atoms with Crippen LogP contribution in [0.2, 0.25) is 18.1 Å². The van der Waals surface area contributed by atoms with Gasteiger partial charge in [-0.15, -0.1) is 5.92 Å². The molecule has 2 unspecified atom stereocenters. The average Bonchev–Trinajstić information content (AvgIpc) is 3.19. The van der Waals surface area contributed by atoms with Crippen LogP contribution >= 0.6 is 0 Å². The van der Waals surface area contributed by atoms with Crippen molar-refractivity contribution in [2.45, 2.75) is 95.7 Å². The molecule has 28 heavy (non-hydrogen) atoms. The third kappa shape index (κ3) is 4.68. The van der Waals surface area contributed by atoms with Gasteiger partial charge in [-0.05, 0) is 43.3 Å². The van der Waals surface area contributed by atoms with Crippen LogP contribution in [0.1, 0.15) is 65.7 Å². The number of unbranched alkanes of at least 4 members (excludes halogenated alkanes) is 4. The van der Waals surface area contributed by atoms with Crippen molar-refractivity contribution in [2.24, 2.45) is 17.8 Å². The van der Waals surface area contributed by atoms with E-state index in [1.54, 1.807) is 0 Å². The van der Waals surface area contributed by atoms with E-state index in [1.807, 2.05) is 0 Å². The van der Waals surface area contributed by atoms with Crippen molar-refractivity contribution in [3.8, 4) is 11.8 Å². The molecule has 3 rings (SSSR count). The van der Waals surface area contributed by atoms with E-state index in [2.05, 4.69) is 45.7 Å². The average molecular weight is 409 g/mol. The summed E-state index contributed by atoms with van der Waals surface area (Å²) in [6.07, 6.45) is 7.09. The minimum atomic E-state index is -1.59. The van der Waals surface area contributed by atoms with Gasteiger partial charge in [-0.2, -0.15) is 0 Å². The van der Waals surface area contributed by atoms with Crippen molar-refractivity contribution in [1.82, 2.24) is 0 Å². The van der Waals surface area contributed by atoms with Crippen molar-refractivity contribution in [3.63, 3.8) is 0 Å². The quantitative estimate of drug-likeness (QED) is 0.376. The first-order chi connectivity index (χ1) is 13.2. The molecule has 3 aliphatic rings. The zero-order valence-corrected chi connectivity index (χ0v) is 19.6. The number of fused-ring (bicyclic) bond motifs is 2. The predicted octanol–water partition coefficient (Wildman–Crippen LogP) is 4.72. The van der Waals surface area contributed by atoms with Crippen LogP contribution in [0.4, 0.5) is 0 Å². The Kier molecular flexibility index (Phi) is 6.99. The number of hydrogen-bond donors (Lipinski definition) is 1. The van der Waals surface area contributed by atoms with Gasteiger partial charge in [-0.1, -0.05) is 39.5 Å². The summed E-state index contributed by atoms with van der Waals surface area (Å²) in [6.45, 7) is 13.8. The normalized spacial score (nSPS) is 31.4. The molecule has 2 saturated carbocycles. The van der Waals surface area contributed by atoms with Gasteiger partial charge in [0.2, 0.25) is 0 Å². The molecule has 4 nitrogen and oxygen atoms in total. The molecule has 0 radical (unpaired) electrons. The summed E-state index contributed by atoms with van der Waals surface area (Å²) in [5.74, 6) is 7.04. The van der Waals surface area contributed by atoms with Crippen molar-refractivity contribution in [1.29, 1.82) is 0 Å². The van der Waals surface area contributed by atoms with E-state index in [0.29, 0.717) is 30.1 Å². The molecule has 3 fully saturated rings. The van der Waals surface area contributed by atoms with Crippen molar-refractivity contribution in [3.05, 3.63) is 0 Å². The standard InChI is InChI=1S/C23H40O4Si/c1-22(2,3)28(4,5)27-13-11-9-7-6-8-10-12-18-16-20-19(21(18)24)17-23(20)25-14-15-26-23/h18-21,24H,6-9,11,13-17H2,1-5H3/t18-,19?,20?,21+/m0/s1. The van der Waals surface area contributed by atoms with Gasteiger partial charge < -0.3 is 19.0 Å². The van der Waals surface area contributed by atoms with E-state index < -0.39 is 8.32 Å². The number of aliphatic hydroxyl groups excluding tert-OH is 1. The Labute approximate surface area is 172 Å². The van der Waals surface area contributed by atoms with Crippen LogP contribution in [0, 0.1) is 29.6 Å². The van der Waals surface area contributed by atoms with E-state index in [4.69, 9.17) is 13.9 Å². The first-order valence-electron chi connectivity index (χ1n) is 11.2. The fraction of sp³-hybridized carbons (Fsp3) is 0.913. The maximum atomic E-state index is 10.5. The lowest BCUT2D eigenvalue weighted by Crippen LogP contribution is -2.54. The van der Waals surface area contributed by atoms with Gasteiger partial charge in [0.1, 0.15) is 0 Å². The molecule has 2 aliphatic carbocycles. The Morgan fingerprint density at radius 1 is 1.11 bits per heavy atom. The van der Waals surface area contributed by atoms with Gasteiger partial charge in [0.15, 0.2) is 14.1 Å². The van der Waals surface area contributed by atoms with Crippen LogP contribution in [-0.2, 0) is 13.9 Å². The zero-order chi connectivity index (χ0) is 20.4. The second kappa shape index (κ2) is 8.77. The Morgan fingerprint density at radius 2 is 1.79 bits per heavy atom. The van der Waals surface area contributed by atoms with E-state index in [0.717, 1.165) is 38.7 Å². The molecule has 160 valence electrons. The summed E-state index contributed by atoms with van der Waals surface area (Å²) in [6, 6.07) is 0. The van der Waals surface area contributed by atoms with Gasteiger partial charge in [0.25, 0.3) is 0 Å². The SMILES string of the molecule is CC(C)(C)[Si](C)(C)OCCCCCCC#C[C@H]1CC2C(CC23OCCO3)[C@@H]1O. The summed E-state index contributed by atoms with van der Waals surface area (Å²) >= 11 is 0. The third-order valence-corrected chi connectivity index (χ3v) is 12.0. The molecule has 0 amide bonds. The Balaban J connectivity index is 1.27. The van der Waals surface area contributed by atoms with E-state index in [-0.39, 0.29) is 17.8 Å². The van der Waals surface area contributed by atoms with Gasteiger partial charge >= 0.3 is 0 Å². The van der Waals surface area contributed by atoms with E-state index in [9.17, 15) is 5.11 Å². The first kappa shape index (κ1) is 22.3. The highest BCUT2D eigenvalue weighted by atomic mass is 28.4. The molecule has 0 aromatic carbocycles. The van der Waals surface area contributed by atoms with Crippen molar-refractivity contribution >= 4 is 8.32 Å². The molecule has 5 heteroatoms. The van der Waals surface area contributed by atoms with E-state index >= 15 is 0 Å². The molecular weight excluding hydrogens is 368 g/mol. The fourth-order valence-electron chi connectivity index (χ4n) is 4.58. The minimum Gasteiger partial charge on any atom is -0.417 e. The summed E-state index contributed by atoms with van der Waals surface area (Å²) in [5, 5.41) is 10.8. The van der Waals surface area contributed by atoms with Crippen LogP contribution in [0.15, 0.2) is 0 Å². The summed E-state index contributed by atoms with van der Waals surface area (Å²) in [7, 11) is -1.59. The van der Waals surface area contributed by atoms with Gasteiger partial charge in [-0.25, -0.2) is 0 Å². The first-order valence-corrected chi connectivity index (χ1v) is 14.2. The smallest absolute Gasteiger partial charge is 0.191 e. The topological polar surface area (TPSA) is 47.9 Å². The van der Waals surface area contributed by atoms with Crippen LogP contribution in [0.25, 0.3) is 0 Å². The second-order valence-electron chi connectivity index (χ2n) is 10.4. The molecule has 1 heterocycles. The molecule has 0 bridgehead atoms. The highest BCUT2D eigenvalue weighted by Gasteiger charge is 2.64. The van der Waals surface area contributed by atoms with Gasteiger partial charge in [0, 0.05) is 31.3 Å². The molecular formula is C23H40O4Si. The lowest BCUT2D eigenvalue weighted by molar-refractivity contribution is -0.275. The summed E-state index contributed by atoms with van der Waals surface area (Å²) in [4.78, 5) is 0. The van der Waals surface area contributed by atoms with Crippen molar-refractivity contribution in [2.75, 3.05) is 19.8 Å². The van der Waals surface area contributed by atoms with Crippen LogP contribution in [-0.4, -0.2) is 45.1 Å². The Bertz CT molecular complexity index is 580. The Morgan fingerprint density at radius 3 is 2.46 bits per heavy atom. The maximum absolute atomic E-state index is 10.5. The third-order valence-electron chi connectivity index (χ3n) is 7.49. The highest BCUT2D eigenvalue weighted by molar-refractivity contribution is 6.74. The van der Waals surface area contributed by atoms with Crippen molar-refractivity contribution < 1.29 is 19.0 Å². The minimum absolute atomic E-state index is 0.0974. The van der Waals surface area contributed by atoms with Crippen LogP contribution in [0.5, 0.6) is 0 Å². The van der Waals surface area contributed by atoms with Gasteiger partial charge in [0.05, 0.1) is 19.3 Å². The van der Waals surface area contributed by atoms with E-state index in [1.165, 1.54) is 12.8 Å². The van der Waals surface area contributed by atoms with Crippen LogP contribution < -0.4 is 0 Å². The largest absolute Gasteiger partial charge is 0.417 e.